The van der Waals surface area contributed by atoms with Crippen LogP contribution < -0.4 is 5.32 Å². The molecule has 20 heavy (non-hydrogen) atoms. The molecule has 1 atom stereocenters. The summed E-state index contributed by atoms with van der Waals surface area (Å²) in [4.78, 5) is 0.451. The summed E-state index contributed by atoms with van der Waals surface area (Å²) in [5, 5.41) is 3.27. The van der Waals surface area contributed by atoms with Crippen LogP contribution in [0.1, 0.15) is 32.3 Å². The van der Waals surface area contributed by atoms with Crippen molar-refractivity contribution < 1.29 is 8.42 Å². The smallest absolute Gasteiger partial charge is 0.243 e. The first-order valence-corrected chi connectivity index (χ1v) is 8.83. The average Bonchev–Trinajstić information content (AvgIpc) is 3.06. The van der Waals surface area contributed by atoms with E-state index in [-0.39, 0.29) is 6.04 Å². The summed E-state index contributed by atoms with van der Waals surface area (Å²) >= 11 is 0. The van der Waals surface area contributed by atoms with E-state index >= 15 is 0 Å². The van der Waals surface area contributed by atoms with Crippen molar-refractivity contribution in [1.29, 1.82) is 0 Å². The number of hydrogen-bond donors (Lipinski definition) is 1. The van der Waals surface area contributed by atoms with Crippen molar-refractivity contribution >= 4 is 15.7 Å². The van der Waals surface area contributed by atoms with E-state index in [1.165, 1.54) is 0 Å². The molecule has 1 N–H and O–H groups in total. The molecule has 0 spiro atoms. The molecule has 0 saturated carbocycles. The standard InChI is InChI=1S/C15H22N2O2S/c1-11(2)15-4-3-9-17(15)20(18,19)13-5-6-14-12(10-13)7-8-16-14/h5-6,10-11,15-16H,3-4,7-9H2,1-2H3. The summed E-state index contributed by atoms with van der Waals surface area (Å²) in [6.45, 7) is 5.76. The van der Waals surface area contributed by atoms with Crippen LogP contribution in [0.4, 0.5) is 5.69 Å². The number of sulfonamides is 1. The second-order valence-electron chi connectivity index (χ2n) is 6.07. The maximum Gasteiger partial charge on any atom is 0.243 e. The van der Waals surface area contributed by atoms with Gasteiger partial charge in [-0.1, -0.05) is 13.8 Å². The Kier molecular flexibility index (Phi) is 3.50. The third kappa shape index (κ3) is 2.23. The van der Waals surface area contributed by atoms with Crippen molar-refractivity contribution in [1.82, 2.24) is 4.31 Å². The predicted octanol–water partition coefficient (Wildman–Crippen LogP) is 2.46. The van der Waals surface area contributed by atoms with E-state index in [0.717, 1.165) is 37.1 Å². The number of nitrogens with zero attached hydrogens (tertiary/aromatic N) is 1. The quantitative estimate of drug-likeness (QED) is 0.931. The Hall–Kier alpha value is -1.07. The fourth-order valence-electron chi connectivity index (χ4n) is 3.31. The summed E-state index contributed by atoms with van der Waals surface area (Å²) in [7, 11) is -3.35. The average molecular weight is 294 g/mol. The first-order valence-electron chi connectivity index (χ1n) is 7.39. The molecule has 1 fully saturated rings. The van der Waals surface area contributed by atoms with Gasteiger partial charge in [-0.15, -0.1) is 0 Å². The topological polar surface area (TPSA) is 49.4 Å². The molecule has 5 heteroatoms. The minimum Gasteiger partial charge on any atom is -0.384 e. The Balaban J connectivity index is 1.95. The van der Waals surface area contributed by atoms with Gasteiger partial charge in [-0.25, -0.2) is 8.42 Å². The van der Waals surface area contributed by atoms with Crippen molar-refractivity contribution in [3.63, 3.8) is 0 Å². The van der Waals surface area contributed by atoms with Gasteiger partial charge in [-0.2, -0.15) is 4.31 Å². The van der Waals surface area contributed by atoms with E-state index in [1.54, 1.807) is 10.4 Å². The molecule has 1 aromatic carbocycles. The van der Waals surface area contributed by atoms with Crippen LogP contribution in [0, 0.1) is 5.92 Å². The molecule has 0 aromatic heterocycles. The fraction of sp³-hybridized carbons (Fsp3) is 0.600. The Morgan fingerprint density at radius 1 is 1.35 bits per heavy atom. The zero-order chi connectivity index (χ0) is 14.3. The van der Waals surface area contributed by atoms with Gasteiger partial charge >= 0.3 is 0 Å². The maximum absolute atomic E-state index is 12.9. The Labute approximate surface area is 121 Å². The highest BCUT2D eigenvalue weighted by Gasteiger charge is 2.37. The molecule has 2 aliphatic rings. The number of rotatable bonds is 3. The largest absolute Gasteiger partial charge is 0.384 e. The predicted molar refractivity (Wildman–Crippen MR) is 80.4 cm³/mol. The van der Waals surface area contributed by atoms with Crippen molar-refractivity contribution in [3.8, 4) is 0 Å². The van der Waals surface area contributed by atoms with E-state index in [4.69, 9.17) is 0 Å². The van der Waals surface area contributed by atoms with Crippen molar-refractivity contribution in [2.45, 2.75) is 44.0 Å². The van der Waals surface area contributed by atoms with Gasteiger partial charge in [-0.05, 0) is 48.9 Å². The van der Waals surface area contributed by atoms with Gasteiger partial charge in [-0.3, -0.25) is 0 Å². The highest BCUT2D eigenvalue weighted by Crippen LogP contribution is 2.32. The zero-order valence-electron chi connectivity index (χ0n) is 12.1. The maximum atomic E-state index is 12.9. The summed E-state index contributed by atoms with van der Waals surface area (Å²) in [5.41, 5.74) is 2.19. The molecule has 1 unspecified atom stereocenters. The van der Waals surface area contributed by atoms with Crippen LogP contribution in [0.2, 0.25) is 0 Å². The Bertz CT molecular complexity index is 610. The van der Waals surface area contributed by atoms with Crippen LogP contribution in [0.25, 0.3) is 0 Å². The molecule has 2 aliphatic heterocycles. The van der Waals surface area contributed by atoms with Crippen molar-refractivity contribution in [2.75, 3.05) is 18.4 Å². The molecular formula is C15H22N2O2S. The molecule has 1 aromatic rings. The van der Waals surface area contributed by atoms with Crippen LogP contribution >= 0.6 is 0 Å². The second kappa shape index (κ2) is 5.04. The number of fused-ring (bicyclic) bond motifs is 1. The zero-order valence-corrected chi connectivity index (χ0v) is 12.9. The van der Waals surface area contributed by atoms with Gasteiger partial charge in [0.2, 0.25) is 10.0 Å². The van der Waals surface area contributed by atoms with E-state index in [1.807, 2.05) is 12.1 Å². The fourth-order valence-corrected chi connectivity index (χ4v) is 5.18. The molecule has 0 bridgehead atoms. The molecule has 0 amide bonds. The second-order valence-corrected chi connectivity index (χ2v) is 7.96. The lowest BCUT2D eigenvalue weighted by Crippen LogP contribution is -2.38. The number of nitrogens with one attached hydrogen (secondary N) is 1. The van der Waals surface area contributed by atoms with E-state index in [0.29, 0.717) is 17.4 Å². The minimum absolute atomic E-state index is 0.145. The first-order chi connectivity index (χ1) is 9.50. The summed E-state index contributed by atoms with van der Waals surface area (Å²) in [5.74, 6) is 0.364. The third-order valence-corrected chi connectivity index (χ3v) is 6.33. The third-order valence-electron chi connectivity index (χ3n) is 4.41. The molecule has 4 nitrogen and oxygen atoms in total. The van der Waals surface area contributed by atoms with Gasteiger partial charge in [0.15, 0.2) is 0 Å². The lowest BCUT2D eigenvalue weighted by Gasteiger charge is -2.27. The van der Waals surface area contributed by atoms with Gasteiger partial charge < -0.3 is 5.32 Å². The highest BCUT2D eigenvalue weighted by atomic mass is 32.2. The first kappa shape index (κ1) is 13.9. The Morgan fingerprint density at radius 3 is 2.90 bits per heavy atom. The summed E-state index contributed by atoms with van der Waals surface area (Å²) < 4.78 is 27.4. The summed E-state index contributed by atoms with van der Waals surface area (Å²) in [6, 6.07) is 5.63. The molecule has 0 radical (unpaired) electrons. The lowest BCUT2D eigenvalue weighted by molar-refractivity contribution is 0.316. The Morgan fingerprint density at radius 2 is 2.15 bits per heavy atom. The molecule has 0 aliphatic carbocycles. The van der Waals surface area contributed by atoms with Crippen LogP contribution in [0.15, 0.2) is 23.1 Å². The van der Waals surface area contributed by atoms with E-state index in [2.05, 4.69) is 19.2 Å². The van der Waals surface area contributed by atoms with Gasteiger partial charge in [0.05, 0.1) is 4.90 Å². The van der Waals surface area contributed by atoms with Crippen LogP contribution in [0.5, 0.6) is 0 Å². The molecule has 110 valence electrons. The van der Waals surface area contributed by atoms with Crippen LogP contribution in [-0.2, 0) is 16.4 Å². The SMILES string of the molecule is CC(C)C1CCCN1S(=O)(=O)c1ccc2c(c1)CCN2. The van der Waals surface area contributed by atoms with Crippen LogP contribution in [0.3, 0.4) is 0 Å². The van der Waals surface area contributed by atoms with Gasteiger partial charge in [0.1, 0.15) is 0 Å². The molecule has 2 heterocycles. The number of anilines is 1. The van der Waals surface area contributed by atoms with E-state index in [9.17, 15) is 8.42 Å². The van der Waals surface area contributed by atoms with Gasteiger partial charge in [0.25, 0.3) is 0 Å². The molecular weight excluding hydrogens is 272 g/mol. The lowest BCUT2D eigenvalue weighted by atomic mass is 10.0. The summed E-state index contributed by atoms with van der Waals surface area (Å²) in [6.07, 6.45) is 2.85. The van der Waals surface area contributed by atoms with Gasteiger partial charge in [0, 0.05) is 24.8 Å². The van der Waals surface area contributed by atoms with Crippen molar-refractivity contribution in [2.24, 2.45) is 5.92 Å². The highest BCUT2D eigenvalue weighted by molar-refractivity contribution is 7.89. The number of benzene rings is 1. The van der Waals surface area contributed by atoms with Crippen LogP contribution in [-0.4, -0.2) is 31.9 Å². The van der Waals surface area contributed by atoms with Crippen molar-refractivity contribution in [3.05, 3.63) is 23.8 Å². The molecule has 1 saturated heterocycles. The normalized spacial score (nSPS) is 23.1. The molecule has 3 rings (SSSR count). The monoisotopic (exact) mass is 294 g/mol. The van der Waals surface area contributed by atoms with E-state index < -0.39 is 10.0 Å². The minimum atomic E-state index is -3.35. The number of hydrogen-bond acceptors (Lipinski definition) is 3.